The lowest BCUT2D eigenvalue weighted by molar-refractivity contribution is -0.117. The van der Waals surface area contributed by atoms with Crippen molar-refractivity contribution >= 4 is 29.1 Å². The van der Waals surface area contributed by atoms with E-state index in [1.165, 1.54) is 0 Å². The highest BCUT2D eigenvalue weighted by Gasteiger charge is 2.28. The monoisotopic (exact) mass is 365 g/mol. The van der Waals surface area contributed by atoms with Gasteiger partial charge in [0.05, 0.1) is 10.6 Å². The number of nitrogens with two attached hydrogens (primary N) is 1. The van der Waals surface area contributed by atoms with E-state index in [0.29, 0.717) is 35.8 Å². The number of nitrogens with one attached hydrogen (secondary N) is 1. The lowest BCUT2D eigenvalue weighted by Gasteiger charge is -2.35. The maximum absolute atomic E-state index is 12.9. The van der Waals surface area contributed by atoms with Crippen LogP contribution in [0.1, 0.15) is 56.8 Å². The summed E-state index contributed by atoms with van der Waals surface area (Å²) in [5.74, 6) is -0.196. The van der Waals surface area contributed by atoms with Gasteiger partial charge in [0.1, 0.15) is 0 Å². The van der Waals surface area contributed by atoms with Crippen LogP contribution in [0.15, 0.2) is 18.2 Å². The van der Waals surface area contributed by atoms with Crippen LogP contribution in [-0.2, 0) is 4.79 Å². The molecule has 1 saturated heterocycles. The van der Waals surface area contributed by atoms with Crippen LogP contribution in [0, 0.1) is 5.41 Å². The second kappa shape index (κ2) is 8.19. The van der Waals surface area contributed by atoms with E-state index in [4.69, 9.17) is 17.3 Å². The van der Waals surface area contributed by atoms with Crippen molar-refractivity contribution in [2.75, 3.05) is 18.4 Å². The van der Waals surface area contributed by atoms with E-state index in [2.05, 4.69) is 5.32 Å². The third-order valence-electron chi connectivity index (χ3n) is 4.33. The van der Waals surface area contributed by atoms with Gasteiger partial charge >= 0.3 is 0 Å². The van der Waals surface area contributed by atoms with Gasteiger partial charge in [-0.3, -0.25) is 9.59 Å². The Balaban J connectivity index is 2.18. The highest BCUT2D eigenvalue weighted by molar-refractivity contribution is 6.34. The Morgan fingerprint density at radius 2 is 2.04 bits per heavy atom. The van der Waals surface area contributed by atoms with Crippen molar-refractivity contribution in [1.82, 2.24) is 4.90 Å². The topological polar surface area (TPSA) is 75.4 Å². The van der Waals surface area contributed by atoms with E-state index in [9.17, 15) is 9.59 Å². The SMILES string of the molecule is CC(C)(C)CC(=O)Nc1ccc(Cl)c(C(=O)N2CCCCC2CN)c1. The molecular weight excluding hydrogens is 338 g/mol. The van der Waals surface area contributed by atoms with Crippen molar-refractivity contribution < 1.29 is 9.59 Å². The molecule has 1 unspecified atom stereocenters. The number of carbonyl (C=O) groups excluding carboxylic acids is 2. The number of anilines is 1. The number of piperidine rings is 1. The first kappa shape index (κ1) is 19.7. The maximum atomic E-state index is 12.9. The number of hydrogen-bond donors (Lipinski definition) is 2. The summed E-state index contributed by atoms with van der Waals surface area (Å²) in [6.07, 6.45) is 3.38. The Morgan fingerprint density at radius 1 is 1.32 bits per heavy atom. The summed E-state index contributed by atoms with van der Waals surface area (Å²) in [7, 11) is 0. The average Bonchev–Trinajstić information content (AvgIpc) is 2.54. The standard InChI is InChI=1S/C19H28ClN3O2/c1-19(2,3)11-17(24)22-13-7-8-16(20)15(10-13)18(25)23-9-5-4-6-14(23)12-21/h7-8,10,14H,4-6,9,11-12,21H2,1-3H3,(H,22,24). The zero-order valence-electron chi connectivity index (χ0n) is 15.3. The van der Waals surface area contributed by atoms with Crippen molar-refractivity contribution in [2.45, 2.75) is 52.5 Å². The third-order valence-corrected chi connectivity index (χ3v) is 4.66. The normalized spacial score (nSPS) is 18.1. The molecule has 0 aliphatic carbocycles. The molecule has 2 amide bonds. The molecule has 0 saturated carbocycles. The van der Waals surface area contributed by atoms with Crippen LogP contribution in [0.4, 0.5) is 5.69 Å². The lowest BCUT2D eigenvalue weighted by atomic mass is 9.92. The number of amides is 2. The highest BCUT2D eigenvalue weighted by atomic mass is 35.5. The molecule has 1 fully saturated rings. The number of hydrogen-bond acceptors (Lipinski definition) is 3. The fourth-order valence-corrected chi connectivity index (χ4v) is 3.32. The molecule has 1 atom stereocenters. The molecule has 1 aromatic rings. The molecule has 5 nitrogen and oxygen atoms in total. The summed E-state index contributed by atoms with van der Waals surface area (Å²) < 4.78 is 0. The van der Waals surface area contributed by atoms with Gasteiger partial charge < -0.3 is 16.0 Å². The summed E-state index contributed by atoms with van der Waals surface area (Å²) >= 11 is 6.25. The molecule has 25 heavy (non-hydrogen) atoms. The average molecular weight is 366 g/mol. The fourth-order valence-electron chi connectivity index (χ4n) is 3.12. The fraction of sp³-hybridized carbons (Fsp3) is 0.579. The smallest absolute Gasteiger partial charge is 0.255 e. The summed E-state index contributed by atoms with van der Waals surface area (Å²) in [6.45, 7) is 7.16. The Bertz CT molecular complexity index is 640. The van der Waals surface area contributed by atoms with Crippen LogP contribution in [0.2, 0.25) is 5.02 Å². The Labute approximate surface area is 154 Å². The largest absolute Gasteiger partial charge is 0.334 e. The minimum absolute atomic E-state index is 0.0523. The summed E-state index contributed by atoms with van der Waals surface area (Å²) in [6, 6.07) is 5.09. The Hall–Kier alpha value is -1.59. The van der Waals surface area contributed by atoms with Crippen LogP contribution >= 0.6 is 11.6 Å². The van der Waals surface area contributed by atoms with E-state index in [1.54, 1.807) is 18.2 Å². The summed E-state index contributed by atoms with van der Waals surface area (Å²) in [5.41, 5.74) is 6.72. The van der Waals surface area contributed by atoms with Crippen LogP contribution in [-0.4, -0.2) is 35.8 Å². The molecule has 1 aromatic carbocycles. The number of likely N-dealkylation sites (tertiary alicyclic amines) is 1. The van der Waals surface area contributed by atoms with Gasteiger partial charge in [0.2, 0.25) is 5.91 Å². The van der Waals surface area contributed by atoms with Crippen LogP contribution in [0.25, 0.3) is 0 Å². The third kappa shape index (κ3) is 5.44. The molecule has 2 rings (SSSR count). The number of halogens is 1. The molecule has 138 valence electrons. The van der Waals surface area contributed by atoms with Crippen molar-refractivity contribution in [1.29, 1.82) is 0 Å². The summed E-state index contributed by atoms with van der Waals surface area (Å²) in [5, 5.41) is 3.25. The van der Waals surface area contributed by atoms with E-state index < -0.39 is 0 Å². The molecule has 1 heterocycles. The van der Waals surface area contributed by atoms with Gasteiger partial charge in [-0.1, -0.05) is 32.4 Å². The highest BCUT2D eigenvalue weighted by Crippen LogP contribution is 2.26. The molecule has 3 N–H and O–H groups in total. The first-order chi connectivity index (χ1) is 11.7. The Morgan fingerprint density at radius 3 is 2.68 bits per heavy atom. The second-order valence-corrected chi connectivity index (χ2v) is 8.27. The molecule has 6 heteroatoms. The quantitative estimate of drug-likeness (QED) is 0.854. The predicted molar refractivity (Wildman–Crippen MR) is 102 cm³/mol. The van der Waals surface area contributed by atoms with Crippen LogP contribution < -0.4 is 11.1 Å². The molecule has 1 aliphatic rings. The maximum Gasteiger partial charge on any atom is 0.255 e. The lowest BCUT2D eigenvalue weighted by Crippen LogP contribution is -2.47. The van der Waals surface area contributed by atoms with Gasteiger partial charge in [0, 0.05) is 31.2 Å². The zero-order valence-corrected chi connectivity index (χ0v) is 16.0. The number of benzene rings is 1. The Kier molecular flexibility index (Phi) is 6.47. The van der Waals surface area contributed by atoms with Gasteiger partial charge in [-0.15, -0.1) is 0 Å². The first-order valence-corrected chi connectivity index (χ1v) is 9.19. The summed E-state index contributed by atoms with van der Waals surface area (Å²) in [4.78, 5) is 26.9. The van der Waals surface area contributed by atoms with Crippen molar-refractivity contribution in [2.24, 2.45) is 11.1 Å². The molecular formula is C19H28ClN3O2. The van der Waals surface area contributed by atoms with Gasteiger partial charge in [0.15, 0.2) is 0 Å². The van der Waals surface area contributed by atoms with Crippen molar-refractivity contribution in [3.63, 3.8) is 0 Å². The van der Waals surface area contributed by atoms with Gasteiger partial charge in [-0.25, -0.2) is 0 Å². The van der Waals surface area contributed by atoms with Crippen molar-refractivity contribution in [3.05, 3.63) is 28.8 Å². The minimum Gasteiger partial charge on any atom is -0.334 e. The molecule has 0 spiro atoms. The van der Waals surface area contributed by atoms with Gasteiger partial charge in [0.25, 0.3) is 5.91 Å². The minimum atomic E-state index is -0.118. The molecule has 0 radical (unpaired) electrons. The molecule has 0 bridgehead atoms. The van der Waals surface area contributed by atoms with Crippen LogP contribution in [0.5, 0.6) is 0 Å². The first-order valence-electron chi connectivity index (χ1n) is 8.82. The van der Waals surface area contributed by atoms with E-state index in [-0.39, 0.29) is 23.3 Å². The van der Waals surface area contributed by atoms with E-state index in [1.807, 2.05) is 25.7 Å². The predicted octanol–water partition coefficient (Wildman–Crippen LogP) is 3.67. The second-order valence-electron chi connectivity index (χ2n) is 7.86. The van der Waals surface area contributed by atoms with Crippen molar-refractivity contribution in [3.8, 4) is 0 Å². The van der Waals surface area contributed by atoms with Crippen LogP contribution in [0.3, 0.4) is 0 Å². The zero-order chi connectivity index (χ0) is 18.6. The van der Waals surface area contributed by atoms with Gasteiger partial charge in [-0.05, 0) is 42.9 Å². The molecule has 0 aromatic heterocycles. The number of nitrogens with zero attached hydrogens (tertiary/aromatic N) is 1. The number of carbonyl (C=O) groups is 2. The van der Waals surface area contributed by atoms with Gasteiger partial charge in [-0.2, -0.15) is 0 Å². The van der Waals surface area contributed by atoms with E-state index >= 15 is 0 Å². The number of rotatable bonds is 4. The molecule has 1 aliphatic heterocycles. The van der Waals surface area contributed by atoms with E-state index in [0.717, 1.165) is 19.3 Å².